The summed E-state index contributed by atoms with van der Waals surface area (Å²) in [5.74, 6) is 0.544. The highest BCUT2D eigenvalue weighted by Gasteiger charge is 2.10. The summed E-state index contributed by atoms with van der Waals surface area (Å²) in [6.07, 6.45) is 0. The van der Waals surface area contributed by atoms with Gasteiger partial charge >= 0.3 is 0 Å². The van der Waals surface area contributed by atoms with Crippen molar-refractivity contribution in [2.75, 3.05) is 5.32 Å². The number of aromatic nitrogens is 1. The Hall–Kier alpha value is -1.57. The van der Waals surface area contributed by atoms with Gasteiger partial charge in [0.15, 0.2) is 0 Å². The molecule has 0 radical (unpaired) electrons. The smallest absolute Gasteiger partial charge is 0.148 e. The number of benzene rings is 1. The van der Waals surface area contributed by atoms with Gasteiger partial charge in [-0.25, -0.2) is 4.98 Å². The summed E-state index contributed by atoms with van der Waals surface area (Å²) in [6, 6.07) is 9.48. The normalized spacial score (nSPS) is 10.1. The fraction of sp³-hybridized carbons (Fsp3) is 0.143. The second kappa shape index (κ2) is 5.60. The monoisotopic (exact) mass is 335 g/mol. The molecule has 19 heavy (non-hydrogen) atoms. The molecule has 0 aliphatic rings. The molecule has 2 rings (SSSR count). The van der Waals surface area contributed by atoms with Gasteiger partial charge in [-0.1, -0.05) is 11.6 Å². The van der Waals surface area contributed by atoms with Gasteiger partial charge < -0.3 is 5.32 Å². The third kappa shape index (κ3) is 3.06. The van der Waals surface area contributed by atoms with Crippen molar-refractivity contribution in [3.63, 3.8) is 0 Å². The lowest BCUT2D eigenvalue weighted by Crippen LogP contribution is -2.01. The molecule has 0 saturated heterocycles. The van der Waals surface area contributed by atoms with E-state index >= 15 is 0 Å². The van der Waals surface area contributed by atoms with Crippen LogP contribution in [0.15, 0.2) is 28.7 Å². The molecule has 0 fully saturated rings. The van der Waals surface area contributed by atoms with Crippen LogP contribution in [-0.2, 0) is 0 Å². The van der Waals surface area contributed by atoms with Gasteiger partial charge in [0.2, 0.25) is 0 Å². The van der Waals surface area contributed by atoms with Crippen molar-refractivity contribution in [2.24, 2.45) is 0 Å². The van der Waals surface area contributed by atoms with Crippen molar-refractivity contribution < 1.29 is 0 Å². The summed E-state index contributed by atoms with van der Waals surface area (Å²) in [4.78, 5) is 4.37. The van der Waals surface area contributed by atoms with Crippen LogP contribution in [0.2, 0.25) is 5.02 Å². The average Bonchev–Trinajstić information content (AvgIpc) is 2.33. The maximum atomic E-state index is 9.22. The SMILES string of the molecule is Cc1cc(C)c(C#N)c(Nc2cc(Cl)ccc2Br)n1. The summed E-state index contributed by atoms with van der Waals surface area (Å²) in [5.41, 5.74) is 3.08. The Bertz CT molecular complexity index is 677. The van der Waals surface area contributed by atoms with Gasteiger partial charge in [0, 0.05) is 15.2 Å². The standard InChI is InChI=1S/C14H11BrClN3/c1-8-5-9(2)18-14(11(8)7-17)19-13-6-10(16)3-4-12(13)15/h3-6H,1-2H3,(H,18,19). The molecular weight excluding hydrogens is 326 g/mol. The van der Waals surface area contributed by atoms with E-state index in [1.165, 1.54) is 0 Å². The number of halogens is 2. The molecule has 96 valence electrons. The molecular formula is C14H11BrClN3. The molecule has 2 aromatic rings. The first-order valence-electron chi connectivity index (χ1n) is 5.61. The Morgan fingerprint density at radius 3 is 2.74 bits per heavy atom. The first-order valence-corrected chi connectivity index (χ1v) is 6.79. The zero-order chi connectivity index (χ0) is 14.0. The van der Waals surface area contributed by atoms with Crippen molar-refractivity contribution in [2.45, 2.75) is 13.8 Å². The molecule has 0 aliphatic carbocycles. The van der Waals surface area contributed by atoms with Crippen LogP contribution in [0.3, 0.4) is 0 Å². The quantitative estimate of drug-likeness (QED) is 0.862. The van der Waals surface area contributed by atoms with E-state index in [1.54, 1.807) is 12.1 Å². The Morgan fingerprint density at radius 2 is 2.05 bits per heavy atom. The predicted molar refractivity (Wildman–Crippen MR) is 80.9 cm³/mol. The van der Waals surface area contributed by atoms with Gasteiger partial charge in [-0.15, -0.1) is 0 Å². The second-order valence-electron chi connectivity index (χ2n) is 4.17. The van der Waals surface area contributed by atoms with Crippen molar-refractivity contribution in [1.82, 2.24) is 4.98 Å². The van der Waals surface area contributed by atoms with Crippen molar-refractivity contribution in [3.05, 3.63) is 50.6 Å². The zero-order valence-corrected chi connectivity index (χ0v) is 12.8. The van der Waals surface area contributed by atoms with Gasteiger partial charge in [-0.05, 0) is 59.6 Å². The number of nitrogens with zero attached hydrogens (tertiary/aromatic N) is 2. The topological polar surface area (TPSA) is 48.7 Å². The number of nitriles is 1. The number of nitrogens with one attached hydrogen (secondary N) is 1. The van der Waals surface area contributed by atoms with Gasteiger partial charge in [0.25, 0.3) is 0 Å². The van der Waals surface area contributed by atoms with Crippen molar-refractivity contribution >= 4 is 39.0 Å². The number of anilines is 2. The van der Waals surface area contributed by atoms with Crippen LogP contribution in [0.4, 0.5) is 11.5 Å². The third-order valence-corrected chi connectivity index (χ3v) is 3.56. The number of rotatable bonds is 2. The summed E-state index contributed by atoms with van der Waals surface area (Å²) in [7, 11) is 0. The van der Waals surface area contributed by atoms with Crippen LogP contribution in [0.25, 0.3) is 0 Å². The van der Waals surface area contributed by atoms with Crippen LogP contribution >= 0.6 is 27.5 Å². The van der Waals surface area contributed by atoms with E-state index in [0.29, 0.717) is 16.4 Å². The van der Waals surface area contributed by atoms with E-state index in [0.717, 1.165) is 21.4 Å². The average molecular weight is 337 g/mol. The lowest BCUT2D eigenvalue weighted by atomic mass is 10.1. The van der Waals surface area contributed by atoms with E-state index in [-0.39, 0.29) is 0 Å². The molecule has 1 aromatic carbocycles. The van der Waals surface area contributed by atoms with E-state index in [1.807, 2.05) is 26.0 Å². The van der Waals surface area contributed by atoms with E-state index < -0.39 is 0 Å². The van der Waals surface area contributed by atoms with Crippen LogP contribution in [0.5, 0.6) is 0 Å². The van der Waals surface area contributed by atoms with E-state index in [4.69, 9.17) is 11.6 Å². The summed E-state index contributed by atoms with van der Waals surface area (Å²) in [6.45, 7) is 3.79. The fourth-order valence-electron chi connectivity index (χ4n) is 1.79. The Morgan fingerprint density at radius 1 is 1.32 bits per heavy atom. The maximum Gasteiger partial charge on any atom is 0.148 e. The number of aryl methyl sites for hydroxylation is 2. The van der Waals surface area contributed by atoms with Gasteiger partial charge in [0.1, 0.15) is 11.9 Å². The maximum absolute atomic E-state index is 9.22. The number of hydrogen-bond donors (Lipinski definition) is 1. The molecule has 1 heterocycles. The molecule has 1 aromatic heterocycles. The molecule has 0 bridgehead atoms. The van der Waals surface area contributed by atoms with E-state index in [9.17, 15) is 5.26 Å². The largest absolute Gasteiger partial charge is 0.338 e. The Kier molecular flexibility index (Phi) is 4.08. The highest BCUT2D eigenvalue weighted by atomic mass is 79.9. The van der Waals surface area contributed by atoms with Gasteiger partial charge in [0.05, 0.1) is 11.3 Å². The summed E-state index contributed by atoms with van der Waals surface area (Å²) < 4.78 is 0.863. The highest BCUT2D eigenvalue weighted by Crippen LogP contribution is 2.30. The van der Waals surface area contributed by atoms with Crippen LogP contribution in [0.1, 0.15) is 16.8 Å². The first-order chi connectivity index (χ1) is 9.01. The van der Waals surface area contributed by atoms with Crippen LogP contribution in [0, 0.1) is 25.2 Å². The van der Waals surface area contributed by atoms with Crippen molar-refractivity contribution in [3.8, 4) is 6.07 Å². The molecule has 1 N–H and O–H groups in total. The van der Waals surface area contributed by atoms with E-state index in [2.05, 4.69) is 32.3 Å². The van der Waals surface area contributed by atoms with Gasteiger partial charge in [-0.2, -0.15) is 5.26 Å². The molecule has 0 unspecified atom stereocenters. The highest BCUT2D eigenvalue weighted by molar-refractivity contribution is 9.10. The van der Waals surface area contributed by atoms with Crippen molar-refractivity contribution in [1.29, 1.82) is 5.26 Å². The number of hydrogen-bond acceptors (Lipinski definition) is 3. The molecule has 0 spiro atoms. The molecule has 0 amide bonds. The molecule has 0 atom stereocenters. The lowest BCUT2D eigenvalue weighted by molar-refractivity contribution is 1.16. The number of pyridine rings is 1. The van der Waals surface area contributed by atoms with Crippen LogP contribution < -0.4 is 5.32 Å². The predicted octanol–water partition coefficient (Wildman–Crippen LogP) is 4.73. The minimum absolute atomic E-state index is 0.539. The zero-order valence-electron chi connectivity index (χ0n) is 10.5. The molecule has 0 saturated carbocycles. The molecule has 3 nitrogen and oxygen atoms in total. The lowest BCUT2D eigenvalue weighted by Gasteiger charge is -2.12. The first kappa shape index (κ1) is 13.9. The van der Waals surface area contributed by atoms with Crippen LogP contribution in [-0.4, -0.2) is 4.98 Å². The molecule has 5 heteroatoms. The minimum atomic E-state index is 0.539. The second-order valence-corrected chi connectivity index (χ2v) is 5.46. The third-order valence-electron chi connectivity index (χ3n) is 2.64. The Labute approximate surface area is 125 Å². The minimum Gasteiger partial charge on any atom is -0.338 e. The van der Waals surface area contributed by atoms with Gasteiger partial charge in [-0.3, -0.25) is 0 Å². The summed E-state index contributed by atoms with van der Waals surface area (Å²) >= 11 is 9.41. The molecule has 0 aliphatic heterocycles. The Balaban J connectivity index is 2.49. The summed E-state index contributed by atoms with van der Waals surface area (Å²) in [5, 5.41) is 13.0. The fourth-order valence-corrected chi connectivity index (χ4v) is 2.31.